The highest BCUT2D eigenvalue weighted by molar-refractivity contribution is 5.64. The highest BCUT2D eigenvalue weighted by atomic mass is 16.4. The first-order valence-corrected chi connectivity index (χ1v) is 6.86. The third-order valence-electron chi connectivity index (χ3n) is 3.54. The maximum absolute atomic E-state index is 10.5. The van der Waals surface area contributed by atoms with Gasteiger partial charge in [0, 0.05) is 18.5 Å². The minimum atomic E-state index is -1.14. The second kappa shape index (κ2) is 7.87. The maximum atomic E-state index is 10.5. The summed E-state index contributed by atoms with van der Waals surface area (Å²) in [5.41, 5.74) is 7.27. The van der Waals surface area contributed by atoms with Crippen molar-refractivity contribution < 1.29 is 15.0 Å². The zero-order valence-corrected chi connectivity index (χ0v) is 12.0. The summed E-state index contributed by atoms with van der Waals surface area (Å²) in [6.45, 7) is 3.99. The number of nitrogens with two attached hydrogens (primary N) is 1. The van der Waals surface area contributed by atoms with Gasteiger partial charge in [0.2, 0.25) is 0 Å². The van der Waals surface area contributed by atoms with Crippen molar-refractivity contribution in [3.63, 3.8) is 0 Å². The Bertz CT molecular complexity index is 409. The predicted octanol–water partition coefficient (Wildman–Crippen LogP) is 1.46. The molecule has 0 heterocycles. The number of hydrogen-bond acceptors (Lipinski definition) is 3. The number of carboxylic acid groups (broad SMARTS) is 1. The van der Waals surface area contributed by atoms with Gasteiger partial charge in [-0.05, 0) is 17.9 Å². The zero-order valence-electron chi connectivity index (χ0n) is 12.0. The van der Waals surface area contributed by atoms with E-state index >= 15 is 0 Å². The van der Waals surface area contributed by atoms with Crippen LogP contribution in [0, 0.1) is 11.8 Å². The zero-order chi connectivity index (χ0) is 15.1. The number of aliphatic hydroxyl groups excluding tert-OH is 1. The Kier molecular flexibility index (Phi) is 6.48. The molecule has 0 saturated carbocycles. The fraction of sp³-hybridized carbons (Fsp3) is 0.533. The van der Waals surface area contributed by atoms with Crippen LogP contribution in [0.15, 0.2) is 30.3 Å². The molecule has 0 aliphatic heterocycles. The molecule has 0 radical (unpaired) electrons. The Morgan fingerprint density at radius 3 is 2.40 bits per heavy atom. The summed E-state index contributed by atoms with van der Waals surface area (Å²) < 4.78 is 0. The van der Waals surface area contributed by atoms with Crippen molar-refractivity contribution in [3.8, 4) is 0 Å². The number of aliphatic hydroxyl groups is 1. The molecule has 0 aliphatic rings. The van der Waals surface area contributed by atoms with Crippen LogP contribution in [-0.4, -0.2) is 35.0 Å². The van der Waals surface area contributed by atoms with E-state index in [1.807, 2.05) is 44.2 Å². The summed E-state index contributed by atoms with van der Waals surface area (Å²) in [7, 11) is 0. The summed E-state index contributed by atoms with van der Waals surface area (Å²) in [6.07, 6.45) is -1.31. The Balaban J connectivity index is 2.76. The maximum Gasteiger partial charge on any atom is 0.404 e. The first-order chi connectivity index (χ1) is 9.41. The van der Waals surface area contributed by atoms with E-state index in [9.17, 15) is 9.90 Å². The van der Waals surface area contributed by atoms with Crippen molar-refractivity contribution in [2.45, 2.75) is 32.4 Å². The topological polar surface area (TPSA) is 95.6 Å². The van der Waals surface area contributed by atoms with E-state index in [1.54, 1.807) is 0 Å². The van der Waals surface area contributed by atoms with Gasteiger partial charge in [0.05, 0.1) is 6.10 Å². The van der Waals surface area contributed by atoms with Gasteiger partial charge < -0.3 is 21.3 Å². The lowest BCUT2D eigenvalue weighted by atomic mass is 9.82. The van der Waals surface area contributed by atoms with E-state index in [0.717, 1.165) is 5.56 Å². The van der Waals surface area contributed by atoms with Gasteiger partial charge in [-0.2, -0.15) is 0 Å². The molecular formula is C15H24N2O3. The number of hydrogen-bond donors (Lipinski definition) is 4. The van der Waals surface area contributed by atoms with Gasteiger partial charge in [-0.1, -0.05) is 44.2 Å². The van der Waals surface area contributed by atoms with Crippen molar-refractivity contribution in [1.29, 1.82) is 0 Å². The molecule has 1 aromatic rings. The summed E-state index contributed by atoms with van der Waals surface area (Å²) in [5.74, 6) is 0.0208. The average Bonchev–Trinajstić information content (AvgIpc) is 2.42. The first kappa shape index (κ1) is 16.5. The molecule has 0 bridgehead atoms. The minimum Gasteiger partial charge on any atom is -0.465 e. The van der Waals surface area contributed by atoms with Gasteiger partial charge in [0.25, 0.3) is 0 Å². The fourth-order valence-corrected chi connectivity index (χ4v) is 2.25. The summed E-state index contributed by atoms with van der Waals surface area (Å²) >= 11 is 0. The van der Waals surface area contributed by atoms with Crippen molar-refractivity contribution >= 4 is 6.09 Å². The number of rotatable bonds is 7. The molecule has 3 atom stereocenters. The van der Waals surface area contributed by atoms with E-state index in [0.29, 0.717) is 6.42 Å². The van der Waals surface area contributed by atoms with E-state index < -0.39 is 12.2 Å². The predicted molar refractivity (Wildman–Crippen MR) is 78.5 cm³/mol. The standard InChI is InChI=1S/C15H24N2O3/c1-10(2)14(16)12(13(18)9-17-15(19)20)8-11-6-4-3-5-7-11/h3-7,10,12-14,17-18H,8-9,16H2,1-2H3,(H,19,20). The van der Waals surface area contributed by atoms with Crippen LogP contribution in [0.3, 0.4) is 0 Å². The number of benzene rings is 1. The van der Waals surface area contributed by atoms with Gasteiger partial charge in [-0.25, -0.2) is 4.79 Å². The molecule has 0 fully saturated rings. The molecule has 1 amide bonds. The van der Waals surface area contributed by atoms with Gasteiger partial charge in [0.15, 0.2) is 0 Å². The smallest absolute Gasteiger partial charge is 0.404 e. The monoisotopic (exact) mass is 280 g/mol. The quantitative estimate of drug-likeness (QED) is 0.608. The van der Waals surface area contributed by atoms with Crippen LogP contribution in [0.2, 0.25) is 0 Å². The van der Waals surface area contributed by atoms with Gasteiger partial charge in [0.1, 0.15) is 0 Å². The van der Waals surface area contributed by atoms with Gasteiger partial charge >= 0.3 is 6.09 Å². The fourth-order valence-electron chi connectivity index (χ4n) is 2.25. The Hall–Kier alpha value is -1.59. The van der Waals surface area contributed by atoms with Crippen molar-refractivity contribution in [3.05, 3.63) is 35.9 Å². The second-order valence-corrected chi connectivity index (χ2v) is 5.43. The van der Waals surface area contributed by atoms with E-state index in [2.05, 4.69) is 5.32 Å². The van der Waals surface area contributed by atoms with Crippen LogP contribution in [-0.2, 0) is 6.42 Å². The lowest BCUT2D eigenvalue weighted by Crippen LogP contribution is -2.47. The molecule has 0 aliphatic carbocycles. The van der Waals surface area contributed by atoms with Crippen LogP contribution in [0.25, 0.3) is 0 Å². The molecule has 112 valence electrons. The molecule has 5 nitrogen and oxygen atoms in total. The molecule has 0 saturated heterocycles. The van der Waals surface area contributed by atoms with E-state index in [4.69, 9.17) is 10.8 Å². The van der Waals surface area contributed by atoms with Crippen LogP contribution < -0.4 is 11.1 Å². The summed E-state index contributed by atoms with van der Waals surface area (Å²) in [6, 6.07) is 9.59. The van der Waals surface area contributed by atoms with Crippen LogP contribution >= 0.6 is 0 Å². The molecule has 1 rings (SSSR count). The van der Waals surface area contributed by atoms with Crippen LogP contribution in [0.1, 0.15) is 19.4 Å². The molecule has 5 heteroatoms. The lowest BCUT2D eigenvalue weighted by Gasteiger charge is -2.31. The minimum absolute atomic E-state index is 0.00669. The molecule has 5 N–H and O–H groups in total. The molecule has 0 aromatic heterocycles. The Morgan fingerprint density at radius 2 is 1.90 bits per heavy atom. The van der Waals surface area contributed by atoms with Crippen LogP contribution in [0.4, 0.5) is 4.79 Å². The summed E-state index contributed by atoms with van der Waals surface area (Å²) in [4.78, 5) is 10.5. The Morgan fingerprint density at radius 1 is 1.30 bits per heavy atom. The third-order valence-corrected chi connectivity index (χ3v) is 3.54. The number of carbonyl (C=O) groups is 1. The summed E-state index contributed by atoms with van der Waals surface area (Å²) in [5, 5.41) is 21.1. The normalized spacial score (nSPS) is 15.7. The van der Waals surface area contributed by atoms with Crippen molar-refractivity contribution in [1.82, 2.24) is 5.32 Å². The Labute approximate surface area is 119 Å². The molecule has 3 unspecified atom stereocenters. The van der Waals surface area contributed by atoms with Crippen LogP contribution in [0.5, 0.6) is 0 Å². The molecule has 20 heavy (non-hydrogen) atoms. The highest BCUT2D eigenvalue weighted by Gasteiger charge is 2.28. The van der Waals surface area contributed by atoms with Crippen molar-refractivity contribution in [2.75, 3.05) is 6.54 Å². The van der Waals surface area contributed by atoms with Gasteiger partial charge in [-0.15, -0.1) is 0 Å². The second-order valence-electron chi connectivity index (χ2n) is 5.43. The molecule has 1 aromatic carbocycles. The number of amides is 1. The molecule has 0 spiro atoms. The van der Waals surface area contributed by atoms with Gasteiger partial charge in [-0.3, -0.25) is 0 Å². The highest BCUT2D eigenvalue weighted by Crippen LogP contribution is 2.20. The number of nitrogens with one attached hydrogen (secondary N) is 1. The van der Waals surface area contributed by atoms with Crippen molar-refractivity contribution in [2.24, 2.45) is 17.6 Å². The first-order valence-electron chi connectivity index (χ1n) is 6.86. The lowest BCUT2D eigenvalue weighted by molar-refractivity contribution is 0.0803. The SMILES string of the molecule is CC(C)C(N)C(Cc1ccccc1)C(O)CNC(=O)O. The largest absolute Gasteiger partial charge is 0.465 e. The third kappa shape index (κ3) is 5.19. The van der Waals surface area contributed by atoms with E-state index in [1.165, 1.54) is 0 Å². The molecular weight excluding hydrogens is 256 g/mol. The average molecular weight is 280 g/mol. The van der Waals surface area contributed by atoms with E-state index in [-0.39, 0.29) is 24.4 Å².